The quantitative estimate of drug-likeness (QED) is 0.370. The number of epoxide rings is 1. The molecule has 2 atom stereocenters. The van der Waals surface area contributed by atoms with Gasteiger partial charge < -0.3 is 9.47 Å². The minimum Gasteiger partial charge on any atom is -0.459 e. The number of ether oxygens (including phenoxy) is 2. The van der Waals surface area contributed by atoms with Gasteiger partial charge in [0.25, 0.3) is 0 Å². The lowest BCUT2D eigenvalue weighted by Crippen LogP contribution is -2.11. The van der Waals surface area contributed by atoms with E-state index in [0.717, 1.165) is 12.8 Å². The predicted molar refractivity (Wildman–Crippen MR) is 49.3 cm³/mol. The summed E-state index contributed by atoms with van der Waals surface area (Å²) in [4.78, 5) is 11.0. The summed E-state index contributed by atoms with van der Waals surface area (Å²) >= 11 is 0. The fourth-order valence-electron chi connectivity index (χ4n) is 1.15. The molecule has 1 saturated heterocycles. The Bertz CT molecular complexity index is 210. The largest absolute Gasteiger partial charge is 0.459 e. The lowest BCUT2D eigenvalue weighted by Gasteiger charge is -2.00. The smallest absolute Gasteiger partial charge is 0.333 e. The summed E-state index contributed by atoms with van der Waals surface area (Å²) in [5.41, 5.74) is 0.438. The number of esters is 1. The van der Waals surface area contributed by atoms with Crippen LogP contribution in [0.15, 0.2) is 12.2 Å². The van der Waals surface area contributed by atoms with E-state index < -0.39 is 0 Å². The van der Waals surface area contributed by atoms with E-state index in [1.807, 2.05) is 0 Å². The topological polar surface area (TPSA) is 38.8 Å². The van der Waals surface area contributed by atoms with Crippen molar-refractivity contribution in [1.82, 2.24) is 0 Å². The van der Waals surface area contributed by atoms with E-state index in [1.54, 1.807) is 6.92 Å². The van der Waals surface area contributed by atoms with Gasteiger partial charge in [0.1, 0.15) is 12.7 Å². The van der Waals surface area contributed by atoms with Crippen molar-refractivity contribution in [2.24, 2.45) is 0 Å². The van der Waals surface area contributed by atoms with Crippen LogP contribution in [0.5, 0.6) is 0 Å². The molecule has 1 aliphatic rings. The molecule has 1 heterocycles. The van der Waals surface area contributed by atoms with Gasteiger partial charge in [-0.3, -0.25) is 0 Å². The van der Waals surface area contributed by atoms with E-state index in [2.05, 4.69) is 13.5 Å². The Balaban J connectivity index is 2.09. The average molecular weight is 184 g/mol. The summed E-state index contributed by atoms with van der Waals surface area (Å²) in [6.45, 7) is 7.61. The SMILES string of the molecule is C=C(C)C(=O)OCC1OC1CCC. The highest BCUT2D eigenvalue weighted by Crippen LogP contribution is 2.26. The van der Waals surface area contributed by atoms with Crippen molar-refractivity contribution in [3.05, 3.63) is 12.2 Å². The molecule has 0 aromatic rings. The standard InChI is InChI=1S/C10H16O3/c1-4-5-8-9(13-8)6-12-10(11)7(2)3/h8-9H,2,4-6H2,1,3H3. The van der Waals surface area contributed by atoms with Crippen molar-refractivity contribution >= 4 is 5.97 Å². The van der Waals surface area contributed by atoms with Crippen LogP contribution in [0.25, 0.3) is 0 Å². The molecule has 2 unspecified atom stereocenters. The van der Waals surface area contributed by atoms with Crippen LogP contribution in [0.2, 0.25) is 0 Å². The van der Waals surface area contributed by atoms with Gasteiger partial charge in [-0.25, -0.2) is 4.79 Å². The Hall–Kier alpha value is -0.830. The maximum atomic E-state index is 11.0. The van der Waals surface area contributed by atoms with E-state index in [-0.39, 0.29) is 12.1 Å². The maximum absolute atomic E-state index is 11.0. The molecule has 0 bridgehead atoms. The molecule has 13 heavy (non-hydrogen) atoms. The van der Waals surface area contributed by atoms with Crippen LogP contribution in [0.4, 0.5) is 0 Å². The average Bonchev–Trinajstić information content (AvgIpc) is 2.80. The summed E-state index contributed by atoms with van der Waals surface area (Å²) in [6.07, 6.45) is 2.59. The Kier molecular flexibility index (Phi) is 3.48. The Labute approximate surface area is 78.7 Å². The number of hydrogen-bond donors (Lipinski definition) is 0. The molecule has 1 rings (SSSR count). The summed E-state index contributed by atoms with van der Waals surface area (Å²) in [6, 6.07) is 0. The second-order valence-electron chi connectivity index (χ2n) is 3.38. The molecule has 0 aromatic carbocycles. The van der Waals surface area contributed by atoms with Gasteiger partial charge in [0.15, 0.2) is 0 Å². The van der Waals surface area contributed by atoms with E-state index in [4.69, 9.17) is 9.47 Å². The van der Waals surface area contributed by atoms with Crippen LogP contribution in [0.1, 0.15) is 26.7 Å². The molecule has 3 heteroatoms. The third kappa shape index (κ3) is 3.19. The van der Waals surface area contributed by atoms with Crippen molar-refractivity contribution in [1.29, 1.82) is 0 Å². The third-order valence-corrected chi connectivity index (χ3v) is 1.99. The van der Waals surface area contributed by atoms with Gasteiger partial charge in [-0.05, 0) is 13.3 Å². The molecular weight excluding hydrogens is 168 g/mol. The van der Waals surface area contributed by atoms with Crippen LogP contribution >= 0.6 is 0 Å². The summed E-state index contributed by atoms with van der Waals surface area (Å²) < 4.78 is 10.2. The van der Waals surface area contributed by atoms with Gasteiger partial charge in [-0.1, -0.05) is 19.9 Å². The molecule has 0 aromatic heterocycles. The van der Waals surface area contributed by atoms with Crippen LogP contribution in [0.3, 0.4) is 0 Å². The molecule has 1 aliphatic heterocycles. The van der Waals surface area contributed by atoms with Crippen LogP contribution in [-0.4, -0.2) is 24.8 Å². The van der Waals surface area contributed by atoms with Gasteiger partial charge >= 0.3 is 5.97 Å². The molecule has 0 N–H and O–H groups in total. The zero-order valence-electron chi connectivity index (χ0n) is 8.21. The van der Waals surface area contributed by atoms with Crippen LogP contribution in [0, 0.1) is 0 Å². The highest BCUT2D eigenvalue weighted by atomic mass is 16.6. The number of rotatable bonds is 5. The summed E-state index contributed by atoms with van der Waals surface area (Å²) in [7, 11) is 0. The normalized spacial score (nSPS) is 25.4. The van der Waals surface area contributed by atoms with Gasteiger partial charge in [0.2, 0.25) is 0 Å². The molecule has 0 spiro atoms. The van der Waals surface area contributed by atoms with Crippen LogP contribution < -0.4 is 0 Å². The number of carbonyl (C=O) groups excluding carboxylic acids is 1. The predicted octanol–water partition coefficient (Wildman–Crippen LogP) is 1.67. The molecule has 0 aliphatic carbocycles. The highest BCUT2D eigenvalue weighted by molar-refractivity contribution is 5.86. The maximum Gasteiger partial charge on any atom is 0.333 e. The molecule has 0 saturated carbocycles. The van der Waals surface area contributed by atoms with Crippen LogP contribution in [-0.2, 0) is 14.3 Å². The van der Waals surface area contributed by atoms with Crippen molar-refractivity contribution in [2.45, 2.75) is 38.9 Å². The molecule has 0 radical (unpaired) electrons. The number of carbonyl (C=O) groups is 1. The van der Waals surface area contributed by atoms with E-state index in [0.29, 0.717) is 18.3 Å². The molecule has 0 amide bonds. The Morgan fingerprint density at radius 2 is 2.23 bits per heavy atom. The first-order valence-corrected chi connectivity index (χ1v) is 4.63. The second-order valence-corrected chi connectivity index (χ2v) is 3.38. The van der Waals surface area contributed by atoms with Crippen molar-refractivity contribution in [3.63, 3.8) is 0 Å². The van der Waals surface area contributed by atoms with Gasteiger partial charge in [0, 0.05) is 5.57 Å². The zero-order valence-corrected chi connectivity index (χ0v) is 8.21. The van der Waals surface area contributed by atoms with Gasteiger partial charge in [-0.2, -0.15) is 0 Å². The van der Waals surface area contributed by atoms with Crippen molar-refractivity contribution in [3.8, 4) is 0 Å². The van der Waals surface area contributed by atoms with E-state index >= 15 is 0 Å². The minimum atomic E-state index is -0.328. The third-order valence-electron chi connectivity index (χ3n) is 1.99. The lowest BCUT2D eigenvalue weighted by molar-refractivity contribution is -0.139. The highest BCUT2D eigenvalue weighted by Gasteiger charge is 2.38. The van der Waals surface area contributed by atoms with Crippen molar-refractivity contribution < 1.29 is 14.3 Å². The lowest BCUT2D eigenvalue weighted by atomic mass is 10.2. The fourth-order valence-corrected chi connectivity index (χ4v) is 1.15. The first-order valence-electron chi connectivity index (χ1n) is 4.63. The van der Waals surface area contributed by atoms with E-state index in [1.165, 1.54) is 0 Å². The first-order chi connectivity index (χ1) is 6.15. The number of hydrogen-bond acceptors (Lipinski definition) is 3. The monoisotopic (exact) mass is 184 g/mol. The second kappa shape index (κ2) is 4.42. The molecule has 3 nitrogen and oxygen atoms in total. The molecule has 74 valence electrons. The molecule has 1 fully saturated rings. The Morgan fingerprint density at radius 1 is 1.54 bits per heavy atom. The zero-order chi connectivity index (χ0) is 9.84. The van der Waals surface area contributed by atoms with Crippen molar-refractivity contribution in [2.75, 3.05) is 6.61 Å². The first kappa shape index (κ1) is 10.3. The minimum absolute atomic E-state index is 0.128. The Morgan fingerprint density at radius 3 is 2.77 bits per heavy atom. The summed E-state index contributed by atoms with van der Waals surface area (Å²) in [5, 5.41) is 0. The van der Waals surface area contributed by atoms with E-state index in [9.17, 15) is 4.79 Å². The van der Waals surface area contributed by atoms with Gasteiger partial charge in [-0.15, -0.1) is 0 Å². The van der Waals surface area contributed by atoms with Gasteiger partial charge in [0.05, 0.1) is 6.10 Å². The molecular formula is C10H16O3. The fraction of sp³-hybridized carbons (Fsp3) is 0.700. The summed E-state index contributed by atoms with van der Waals surface area (Å²) in [5.74, 6) is -0.328.